The number of nitrogens with one attached hydrogen (secondary N) is 1. The molecule has 1 aliphatic heterocycles. The van der Waals surface area contributed by atoms with Crippen LogP contribution in [0.15, 0.2) is 53.9 Å². The first-order valence-corrected chi connectivity index (χ1v) is 10.2. The molecule has 2 amide bonds. The van der Waals surface area contributed by atoms with E-state index in [1.54, 1.807) is 23.2 Å². The Morgan fingerprint density at radius 2 is 2.00 bits per heavy atom. The molecule has 0 saturated carbocycles. The Bertz CT molecular complexity index is 1010. The molecule has 0 bridgehead atoms. The lowest BCUT2D eigenvalue weighted by atomic mass is 10.1. The Morgan fingerprint density at radius 3 is 2.79 bits per heavy atom. The molecule has 0 unspecified atom stereocenters. The van der Waals surface area contributed by atoms with Crippen molar-refractivity contribution in [1.29, 1.82) is 0 Å². The van der Waals surface area contributed by atoms with Gasteiger partial charge in [0.25, 0.3) is 0 Å². The van der Waals surface area contributed by atoms with E-state index in [-0.39, 0.29) is 11.8 Å². The fourth-order valence-electron chi connectivity index (χ4n) is 3.38. The summed E-state index contributed by atoms with van der Waals surface area (Å²) in [6.45, 7) is 2.27. The third-order valence-corrected chi connectivity index (χ3v) is 5.77. The standard InChI is InChI=1S/C22H21N3O2S/c1-15(26)25-12-11-16-7-8-18(13-20(16)25)23-21(27)10-9-19-14-28-22(24-19)17-5-3-2-4-6-17/h2-8,13-14H,9-12H2,1H3,(H,23,27). The lowest BCUT2D eigenvalue weighted by Gasteiger charge is -2.15. The molecule has 142 valence electrons. The zero-order chi connectivity index (χ0) is 19.5. The number of aromatic nitrogens is 1. The summed E-state index contributed by atoms with van der Waals surface area (Å²) in [5.74, 6) is -0.0263. The SMILES string of the molecule is CC(=O)N1CCc2ccc(NC(=O)CCc3csc(-c4ccccc4)n3)cc21. The highest BCUT2D eigenvalue weighted by Crippen LogP contribution is 2.31. The zero-order valence-electron chi connectivity index (χ0n) is 15.6. The maximum atomic E-state index is 12.4. The Kier molecular flexibility index (Phi) is 5.21. The minimum atomic E-state index is -0.0541. The molecule has 1 aliphatic rings. The second-order valence-electron chi connectivity index (χ2n) is 6.82. The van der Waals surface area contributed by atoms with E-state index in [0.29, 0.717) is 19.4 Å². The summed E-state index contributed by atoms with van der Waals surface area (Å²) in [7, 11) is 0. The lowest BCUT2D eigenvalue weighted by Crippen LogP contribution is -2.25. The maximum absolute atomic E-state index is 12.4. The number of aryl methyl sites for hydroxylation is 1. The first-order valence-electron chi connectivity index (χ1n) is 9.31. The van der Waals surface area contributed by atoms with Gasteiger partial charge in [0.05, 0.1) is 5.69 Å². The van der Waals surface area contributed by atoms with Crippen LogP contribution >= 0.6 is 11.3 Å². The molecule has 2 aromatic carbocycles. The number of fused-ring (bicyclic) bond motifs is 1. The minimum absolute atomic E-state index is 0.0278. The summed E-state index contributed by atoms with van der Waals surface area (Å²) in [6.07, 6.45) is 1.82. The Labute approximate surface area is 168 Å². The second kappa shape index (κ2) is 7.94. The Hall–Kier alpha value is -2.99. The van der Waals surface area contributed by atoms with Gasteiger partial charge in [-0.2, -0.15) is 0 Å². The van der Waals surface area contributed by atoms with E-state index in [4.69, 9.17) is 0 Å². The highest BCUT2D eigenvalue weighted by Gasteiger charge is 2.22. The summed E-state index contributed by atoms with van der Waals surface area (Å²) in [5, 5.41) is 5.92. The summed E-state index contributed by atoms with van der Waals surface area (Å²) in [6, 6.07) is 15.8. The van der Waals surface area contributed by atoms with Gasteiger partial charge in [0.1, 0.15) is 5.01 Å². The molecule has 0 aliphatic carbocycles. The molecule has 0 radical (unpaired) electrons. The molecule has 4 rings (SSSR count). The number of benzene rings is 2. The van der Waals surface area contributed by atoms with Crippen molar-refractivity contribution < 1.29 is 9.59 Å². The third kappa shape index (κ3) is 3.97. The molecule has 0 spiro atoms. The summed E-state index contributed by atoms with van der Waals surface area (Å²) in [5.41, 5.74) is 4.79. The maximum Gasteiger partial charge on any atom is 0.224 e. The van der Waals surface area contributed by atoms with Crippen molar-refractivity contribution in [3.8, 4) is 10.6 Å². The van der Waals surface area contributed by atoms with Crippen molar-refractivity contribution in [2.45, 2.75) is 26.2 Å². The summed E-state index contributed by atoms with van der Waals surface area (Å²) in [4.78, 5) is 30.5. The molecule has 3 aromatic rings. The molecular weight excluding hydrogens is 370 g/mol. The number of amides is 2. The largest absolute Gasteiger partial charge is 0.326 e. The van der Waals surface area contributed by atoms with E-state index in [0.717, 1.165) is 39.6 Å². The lowest BCUT2D eigenvalue weighted by molar-refractivity contribution is -0.117. The first-order chi connectivity index (χ1) is 13.6. The second-order valence-corrected chi connectivity index (χ2v) is 7.68. The number of anilines is 2. The molecule has 0 atom stereocenters. The molecule has 2 heterocycles. The van der Waals surface area contributed by atoms with Crippen molar-refractivity contribution in [3.63, 3.8) is 0 Å². The van der Waals surface area contributed by atoms with Crippen LogP contribution in [0, 0.1) is 0 Å². The van der Waals surface area contributed by atoms with E-state index >= 15 is 0 Å². The molecule has 0 fully saturated rings. The normalized spacial score (nSPS) is 12.7. The average molecular weight is 391 g/mol. The zero-order valence-corrected chi connectivity index (χ0v) is 16.5. The molecule has 1 N–H and O–H groups in total. The third-order valence-electron chi connectivity index (χ3n) is 4.83. The van der Waals surface area contributed by atoms with Crippen LogP contribution in [0.1, 0.15) is 24.6 Å². The van der Waals surface area contributed by atoms with Gasteiger partial charge in [0.15, 0.2) is 0 Å². The Morgan fingerprint density at radius 1 is 1.18 bits per heavy atom. The van der Waals surface area contributed by atoms with Gasteiger partial charge >= 0.3 is 0 Å². The van der Waals surface area contributed by atoms with E-state index in [2.05, 4.69) is 10.3 Å². The van der Waals surface area contributed by atoms with E-state index in [9.17, 15) is 9.59 Å². The highest BCUT2D eigenvalue weighted by molar-refractivity contribution is 7.13. The monoisotopic (exact) mass is 391 g/mol. The molecule has 28 heavy (non-hydrogen) atoms. The highest BCUT2D eigenvalue weighted by atomic mass is 32.1. The molecule has 1 aromatic heterocycles. The minimum Gasteiger partial charge on any atom is -0.326 e. The van der Waals surface area contributed by atoms with Gasteiger partial charge in [-0.3, -0.25) is 9.59 Å². The van der Waals surface area contributed by atoms with Gasteiger partial charge in [0, 0.05) is 42.2 Å². The van der Waals surface area contributed by atoms with Crippen LogP contribution < -0.4 is 10.2 Å². The fraction of sp³-hybridized carbons (Fsp3) is 0.227. The predicted molar refractivity (Wildman–Crippen MR) is 113 cm³/mol. The number of hydrogen-bond acceptors (Lipinski definition) is 4. The Balaban J connectivity index is 1.36. The smallest absolute Gasteiger partial charge is 0.224 e. The first kappa shape index (κ1) is 18.4. The van der Waals surface area contributed by atoms with Gasteiger partial charge in [-0.15, -0.1) is 11.3 Å². The van der Waals surface area contributed by atoms with Crippen LogP contribution in [0.2, 0.25) is 0 Å². The number of hydrogen-bond donors (Lipinski definition) is 1. The summed E-state index contributed by atoms with van der Waals surface area (Å²) < 4.78 is 0. The molecular formula is C22H21N3O2S. The fourth-order valence-corrected chi connectivity index (χ4v) is 4.24. The van der Waals surface area contributed by atoms with Gasteiger partial charge < -0.3 is 10.2 Å². The summed E-state index contributed by atoms with van der Waals surface area (Å²) >= 11 is 1.59. The van der Waals surface area contributed by atoms with Crippen molar-refractivity contribution in [3.05, 3.63) is 65.2 Å². The van der Waals surface area contributed by atoms with E-state index < -0.39 is 0 Å². The van der Waals surface area contributed by atoms with E-state index in [1.165, 1.54) is 0 Å². The molecule has 6 heteroatoms. The van der Waals surface area contributed by atoms with Crippen molar-refractivity contribution in [2.24, 2.45) is 0 Å². The van der Waals surface area contributed by atoms with Gasteiger partial charge in [-0.1, -0.05) is 36.4 Å². The number of carbonyl (C=O) groups is 2. The number of rotatable bonds is 5. The van der Waals surface area contributed by atoms with Gasteiger partial charge in [-0.25, -0.2) is 4.98 Å². The van der Waals surface area contributed by atoms with Crippen molar-refractivity contribution in [2.75, 3.05) is 16.8 Å². The topological polar surface area (TPSA) is 62.3 Å². The van der Waals surface area contributed by atoms with Crippen LogP contribution in [0.4, 0.5) is 11.4 Å². The van der Waals surface area contributed by atoms with Crippen LogP contribution in [0.5, 0.6) is 0 Å². The van der Waals surface area contributed by atoms with Crippen molar-refractivity contribution >= 4 is 34.5 Å². The number of nitrogens with zero attached hydrogens (tertiary/aromatic N) is 2. The van der Waals surface area contributed by atoms with Crippen LogP contribution in [-0.2, 0) is 22.4 Å². The van der Waals surface area contributed by atoms with Crippen molar-refractivity contribution in [1.82, 2.24) is 4.98 Å². The average Bonchev–Trinajstić information content (AvgIpc) is 3.34. The predicted octanol–water partition coefficient (Wildman–Crippen LogP) is 4.29. The molecule has 0 saturated heterocycles. The number of thiazole rings is 1. The van der Waals surface area contributed by atoms with Crippen LogP contribution in [-0.4, -0.2) is 23.3 Å². The number of carbonyl (C=O) groups excluding carboxylic acids is 2. The molecule has 5 nitrogen and oxygen atoms in total. The van der Waals surface area contributed by atoms with E-state index in [1.807, 2.05) is 53.9 Å². The van der Waals surface area contributed by atoms with Crippen LogP contribution in [0.25, 0.3) is 10.6 Å². The van der Waals surface area contributed by atoms with Gasteiger partial charge in [-0.05, 0) is 30.5 Å². The van der Waals surface area contributed by atoms with Gasteiger partial charge in [0.2, 0.25) is 11.8 Å². The van der Waals surface area contributed by atoms with Crippen LogP contribution in [0.3, 0.4) is 0 Å². The quantitative estimate of drug-likeness (QED) is 0.706.